The number of carbonyl (C=O) groups excluding carboxylic acids is 1. The third kappa shape index (κ3) is 5.39. The molecular weight excluding hydrogens is 470 g/mol. The van der Waals surface area contributed by atoms with Gasteiger partial charge in [0.2, 0.25) is 5.91 Å². The molecule has 4 aromatic rings. The fourth-order valence-corrected chi connectivity index (χ4v) is 5.25. The van der Waals surface area contributed by atoms with Gasteiger partial charge in [-0.2, -0.15) is 0 Å². The number of amides is 1. The molecule has 0 radical (unpaired) electrons. The standard InChI is InChI=1S/C28H29N5O2S/c1-35-25-15-9-8-14-24(25)31-16-18-32(19-17-31)26(34)21-36-28-30-29-27(23-12-6-3-7-13-23)33(28)20-22-10-4-2-5-11-22/h2-15H,16-21H2,1H3. The van der Waals surface area contributed by atoms with E-state index in [4.69, 9.17) is 4.74 Å². The molecule has 2 heterocycles. The number of benzene rings is 3. The highest BCUT2D eigenvalue weighted by Crippen LogP contribution is 2.29. The van der Waals surface area contributed by atoms with Crippen LogP contribution in [0.2, 0.25) is 0 Å². The number of thioether (sulfide) groups is 1. The summed E-state index contributed by atoms with van der Waals surface area (Å²) in [5.41, 5.74) is 3.24. The molecule has 0 spiro atoms. The van der Waals surface area contributed by atoms with E-state index in [9.17, 15) is 4.79 Å². The van der Waals surface area contributed by atoms with Gasteiger partial charge in [0, 0.05) is 31.7 Å². The number of rotatable bonds is 8. The van der Waals surface area contributed by atoms with Crippen LogP contribution in [0.3, 0.4) is 0 Å². The van der Waals surface area contributed by atoms with Crippen molar-refractivity contribution in [2.45, 2.75) is 11.7 Å². The Hall–Kier alpha value is -3.78. The van der Waals surface area contributed by atoms with Crippen LogP contribution in [0.4, 0.5) is 5.69 Å². The largest absolute Gasteiger partial charge is 0.495 e. The first-order valence-corrected chi connectivity index (χ1v) is 13.0. The third-order valence-corrected chi connectivity index (χ3v) is 7.27. The van der Waals surface area contributed by atoms with Crippen LogP contribution in [0, 0.1) is 0 Å². The molecule has 1 aromatic heterocycles. The summed E-state index contributed by atoms with van der Waals surface area (Å²) in [6, 6.07) is 28.3. The number of hydrogen-bond acceptors (Lipinski definition) is 6. The van der Waals surface area contributed by atoms with Gasteiger partial charge in [0.15, 0.2) is 11.0 Å². The maximum Gasteiger partial charge on any atom is 0.233 e. The van der Waals surface area contributed by atoms with Crippen LogP contribution >= 0.6 is 11.8 Å². The summed E-state index contributed by atoms with van der Waals surface area (Å²) in [5.74, 6) is 2.12. The molecule has 184 valence electrons. The van der Waals surface area contributed by atoms with Gasteiger partial charge in [0.05, 0.1) is 25.1 Å². The maximum absolute atomic E-state index is 13.1. The van der Waals surface area contributed by atoms with E-state index in [1.54, 1.807) is 7.11 Å². The SMILES string of the molecule is COc1ccccc1N1CCN(C(=O)CSc2nnc(-c3ccccc3)n2Cc2ccccc2)CC1. The predicted octanol–water partition coefficient (Wildman–Crippen LogP) is 4.44. The zero-order valence-electron chi connectivity index (χ0n) is 20.3. The number of anilines is 1. The Kier molecular flexibility index (Phi) is 7.52. The predicted molar refractivity (Wildman–Crippen MR) is 144 cm³/mol. The molecule has 0 saturated carbocycles. The molecule has 1 fully saturated rings. The minimum atomic E-state index is 0.121. The van der Waals surface area contributed by atoms with Crippen molar-refractivity contribution in [3.05, 3.63) is 90.5 Å². The fraction of sp³-hybridized carbons (Fsp3) is 0.250. The lowest BCUT2D eigenvalue weighted by molar-refractivity contribution is -0.128. The van der Waals surface area contributed by atoms with Gasteiger partial charge in [-0.25, -0.2) is 0 Å². The summed E-state index contributed by atoms with van der Waals surface area (Å²) < 4.78 is 7.61. The van der Waals surface area contributed by atoms with Crippen molar-refractivity contribution in [1.82, 2.24) is 19.7 Å². The molecule has 7 nitrogen and oxygen atoms in total. The highest BCUT2D eigenvalue weighted by molar-refractivity contribution is 7.99. The second-order valence-corrected chi connectivity index (χ2v) is 9.51. The Labute approximate surface area is 215 Å². The zero-order chi connectivity index (χ0) is 24.7. The van der Waals surface area contributed by atoms with Crippen molar-refractivity contribution in [2.24, 2.45) is 0 Å². The molecule has 0 bridgehead atoms. The van der Waals surface area contributed by atoms with Crippen LogP contribution in [0.25, 0.3) is 11.4 Å². The first kappa shape index (κ1) is 23.9. The number of hydrogen-bond donors (Lipinski definition) is 0. The average Bonchev–Trinajstić information content (AvgIpc) is 3.35. The highest BCUT2D eigenvalue weighted by Gasteiger charge is 2.24. The Bertz CT molecular complexity index is 1290. The number of aromatic nitrogens is 3. The minimum absolute atomic E-state index is 0.121. The van der Waals surface area contributed by atoms with E-state index in [1.165, 1.54) is 11.8 Å². The number of carbonyl (C=O) groups is 1. The summed E-state index contributed by atoms with van der Waals surface area (Å²) in [6.07, 6.45) is 0. The quantitative estimate of drug-likeness (QED) is 0.334. The number of ether oxygens (including phenoxy) is 1. The highest BCUT2D eigenvalue weighted by atomic mass is 32.2. The van der Waals surface area contributed by atoms with Crippen LogP contribution < -0.4 is 9.64 Å². The molecule has 0 unspecified atom stereocenters. The normalized spacial score (nSPS) is 13.6. The fourth-order valence-electron chi connectivity index (χ4n) is 4.41. The molecule has 36 heavy (non-hydrogen) atoms. The van der Waals surface area contributed by atoms with Crippen molar-refractivity contribution < 1.29 is 9.53 Å². The van der Waals surface area contributed by atoms with Gasteiger partial charge in [0.1, 0.15) is 5.75 Å². The van der Waals surface area contributed by atoms with E-state index >= 15 is 0 Å². The van der Waals surface area contributed by atoms with Crippen molar-refractivity contribution >= 4 is 23.4 Å². The summed E-state index contributed by atoms with van der Waals surface area (Å²) in [7, 11) is 1.69. The minimum Gasteiger partial charge on any atom is -0.495 e. The lowest BCUT2D eigenvalue weighted by Gasteiger charge is -2.36. The van der Waals surface area contributed by atoms with Crippen LogP contribution in [0.1, 0.15) is 5.56 Å². The average molecular weight is 500 g/mol. The topological polar surface area (TPSA) is 63.5 Å². The monoisotopic (exact) mass is 499 g/mol. The summed E-state index contributed by atoms with van der Waals surface area (Å²) in [5, 5.41) is 9.69. The van der Waals surface area contributed by atoms with Gasteiger partial charge in [-0.3, -0.25) is 9.36 Å². The summed E-state index contributed by atoms with van der Waals surface area (Å²) >= 11 is 1.45. The zero-order valence-corrected chi connectivity index (χ0v) is 21.1. The smallest absolute Gasteiger partial charge is 0.233 e. The molecule has 1 aliphatic rings. The Morgan fingerprint density at radius 1 is 0.861 bits per heavy atom. The van der Waals surface area contributed by atoms with E-state index in [-0.39, 0.29) is 5.91 Å². The molecule has 0 aliphatic carbocycles. The maximum atomic E-state index is 13.1. The number of nitrogens with zero attached hydrogens (tertiary/aromatic N) is 5. The van der Waals surface area contributed by atoms with E-state index in [0.29, 0.717) is 25.4 Å². The summed E-state index contributed by atoms with van der Waals surface area (Å²) in [6.45, 7) is 3.57. The van der Waals surface area contributed by atoms with E-state index in [2.05, 4.69) is 37.9 Å². The second kappa shape index (κ2) is 11.3. The molecule has 1 saturated heterocycles. The Morgan fingerprint density at radius 3 is 2.25 bits per heavy atom. The Morgan fingerprint density at radius 2 is 1.53 bits per heavy atom. The molecule has 0 N–H and O–H groups in total. The van der Waals surface area contributed by atoms with Crippen LogP contribution in [0.15, 0.2) is 90.1 Å². The molecule has 8 heteroatoms. The van der Waals surface area contributed by atoms with Gasteiger partial charge < -0.3 is 14.5 Å². The van der Waals surface area contributed by atoms with E-state index in [1.807, 2.05) is 71.6 Å². The van der Waals surface area contributed by atoms with Crippen molar-refractivity contribution in [3.8, 4) is 17.1 Å². The molecule has 0 atom stereocenters. The molecule has 5 rings (SSSR count). The van der Waals surface area contributed by atoms with Crippen molar-refractivity contribution in [3.63, 3.8) is 0 Å². The van der Waals surface area contributed by atoms with Crippen LogP contribution in [-0.2, 0) is 11.3 Å². The number of methoxy groups -OCH3 is 1. The summed E-state index contributed by atoms with van der Waals surface area (Å²) in [4.78, 5) is 17.3. The van der Waals surface area contributed by atoms with E-state index in [0.717, 1.165) is 46.6 Å². The first-order valence-electron chi connectivity index (χ1n) is 12.0. The van der Waals surface area contributed by atoms with Gasteiger partial charge in [-0.15, -0.1) is 10.2 Å². The molecular formula is C28H29N5O2S. The van der Waals surface area contributed by atoms with Crippen LogP contribution in [-0.4, -0.2) is 64.6 Å². The number of piperazine rings is 1. The lowest BCUT2D eigenvalue weighted by atomic mass is 10.2. The molecule has 1 amide bonds. The van der Waals surface area contributed by atoms with Gasteiger partial charge in [-0.1, -0.05) is 84.6 Å². The van der Waals surface area contributed by atoms with Crippen molar-refractivity contribution in [1.29, 1.82) is 0 Å². The van der Waals surface area contributed by atoms with Gasteiger partial charge >= 0.3 is 0 Å². The molecule has 1 aliphatic heterocycles. The first-order chi connectivity index (χ1) is 17.7. The lowest BCUT2D eigenvalue weighted by Crippen LogP contribution is -2.49. The number of para-hydroxylation sites is 2. The van der Waals surface area contributed by atoms with E-state index < -0.39 is 0 Å². The van der Waals surface area contributed by atoms with Gasteiger partial charge in [0.25, 0.3) is 0 Å². The van der Waals surface area contributed by atoms with Crippen molar-refractivity contribution in [2.75, 3.05) is 43.9 Å². The second-order valence-electron chi connectivity index (χ2n) is 8.57. The van der Waals surface area contributed by atoms with Gasteiger partial charge in [-0.05, 0) is 17.7 Å². The van der Waals surface area contributed by atoms with Crippen LogP contribution in [0.5, 0.6) is 5.75 Å². The third-order valence-electron chi connectivity index (χ3n) is 6.32. The Balaban J connectivity index is 1.25. The molecule has 3 aromatic carbocycles.